The molecule has 0 bridgehead atoms. The number of nitrogens with zero attached hydrogens (tertiary/aromatic N) is 1. The second-order valence-electron chi connectivity index (χ2n) is 9.68. The van der Waals surface area contributed by atoms with Crippen LogP contribution in [0.3, 0.4) is 0 Å². The number of nitrogens with one attached hydrogen (secondary N) is 1. The maximum absolute atomic E-state index is 13.8. The summed E-state index contributed by atoms with van der Waals surface area (Å²) >= 11 is 6.26. The minimum atomic E-state index is -0.733. The molecule has 1 fully saturated rings. The molecule has 1 aliphatic carbocycles. The molecule has 0 radical (unpaired) electrons. The van der Waals surface area contributed by atoms with Gasteiger partial charge in [-0.3, -0.25) is 9.59 Å². The van der Waals surface area contributed by atoms with Gasteiger partial charge in [0.05, 0.1) is 14.2 Å². The largest absolute Gasteiger partial charge is 0.496 e. The zero-order chi connectivity index (χ0) is 27.6. The normalized spacial score (nSPS) is 13.9. The summed E-state index contributed by atoms with van der Waals surface area (Å²) in [5, 5.41) is 3.77. The molecule has 1 atom stereocenters. The Morgan fingerprint density at radius 1 is 0.897 bits per heavy atom. The van der Waals surface area contributed by atoms with Crippen LogP contribution in [-0.4, -0.2) is 49.6 Å². The van der Waals surface area contributed by atoms with Crippen molar-refractivity contribution < 1.29 is 23.8 Å². The predicted molar refractivity (Wildman–Crippen MR) is 151 cm³/mol. The summed E-state index contributed by atoms with van der Waals surface area (Å²) in [5.41, 5.74) is 1.79. The van der Waals surface area contributed by atoms with Crippen LogP contribution in [0.1, 0.15) is 36.8 Å². The molecular weight excluding hydrogens is 516 g/mol. The highest BCUT2D eigenvalue weighted by molar-refractivity contribution is 6.30. The fourth-order valence-corrected chi connectivity index (χ4v) is 5.06. The lowest BCUT2D eigenvalue weighted by molar-refractivity contribution is -0.143. The SMILES string of the molecule is COc1cc(OC)cc(OCC(=O)N(Cc2cccc(Cl)c2)[C@@H](Cc2ccccc2)C(=O)NC2CCCC2)c1. The van der Waals surface area contributed by atoms with Crippen molar-refractivity contribution in [2.75, 3.05) is 20.8 Å². The van der Waals surface area contributed by atoms with Crippen LogP contribution in [0.5, 0.6) is 17.2 Å². The zero-order valence-corrected chi connectivity index (χ0v) is 23.2. The molecule has 0 aliphatic heterocycles. The molecule has 2 amide bonds. The third-order valence-electron chi connectivity index (χ3n) is 6.90. The Balaban J connectivity index is 1.62. The molecule has 3 aromatic rings. The van der Waals surface area contributed by atoms with Crippen LogP contribution in [-0.2, 0) is 22.6 Å². The fourth-order valence-electron chi connectivity index (χ4n) is 4.85. The Bertz CT molecular complexity index is 1220. The number of ether oxygens (including phenoxy) is 3. The van der Waals surface area contributed by atoms with Gasteiger partial charge in [0.2, 0.25) is 5.91 Å². The van der Waals surface area contributed by atoms with Gasteiger partial charge in [-0.1, -0.05) is 66.9 Å². The van der Waals surface area contributed by atoms with Gasteiger partial charge in [-0.2, -0.15) is 0 Å². The summed E-state index contributed by atoms with van der Waals surface area (Å²) in [4.78, 5) is 29.2. The molecule has 3 aromatic carbocycles. The first-order valence-corrected chi connectivity index (χ1v) is 13.6. The van der Waals surface area contributed by atoms with Gasteiger partial charge in [-0.25, -0.2) is 0 Å². The Morgan fingerprint density at radius 2 is 1.54 bits per heavy atom. The van der Waals surface area contributed by atoms with E-state index < -0.39 is 6.04 Å². The zero-order valence-electron chi connectivity index (χ0n) is 22.4. The molecule has 4 rings (SSSR count). The van der Waals surface area contributed by atoms with E-state index in [1.54, 1.807) is 43.4 Å². The maximum Gasteiger partial charge on any atom is 0.261 e. The number of benzene rings is 3. The Kier molecular flexibility index (Phi) is 10.1. The summed E-state index contributed by atoms with van der Waals surface area (Å²) in [5.74, 6) is 1.04. The molecule has 1 aliphatic rings. The highest BCUT2D eigenvalue weighted by Crippen LogP contribution is 2.28. The van der Waals surface area contributed by atoms with E-state index in [1.165, 1.54) is 0 Å². The van der Waals surface area contributed by atoms with Crippen LogP contribution in [0.2, 0.25) is 5.02 Å². The monoisotopic (exact) mass is 550 g/mol. The van der Waals surface area contributed by atoms with E-state index in [2.05, 4.69) is 5.32 Å². The van der Waals surface area contributed by atoms with Crippen molar-refractivity contribution in [3.63, 3.8) is 0 Å². The van der Waals surface area contributed by atoms with E-state index >= 15 is 0 Å². The van der Waals surface area contributed by atoms with Crippen LogP contribution in [0.15, 0.2) is 72.8 Å². The Morgan fingerprint density at radius 3 is 2.18 bits per heavy atom. The predicted octanol–water partition coefficient (Wildman–Crippen LogP) is 5.43. The maximum atomic E-state index is 13.8. The van der Waals surface area contributed by atoms with Crippen molar-refractivity contribution in [2.45, 2.75) is 50.7 Å². The molecule has 8 heteroatoms. The summed E-state index contributed by atoms with van der Waals surface area (Å²) in [6, 6.07) is 21.6. The Hall–Kier alpha value is -3.71. The van der Waals surface area contributed by atoms with Crippen molar-refractivity contribution in [2.24, 2.45) is 0 Å². The third-order valence-corrected chi connectivity index (χ3v) is 7.14. The third kappa shape index (κ3) is 8.14. The van der Waals surface area contributed by atoms with Gasteiger partial charge in [0.15, 0.2) is 6.61 Å². The number of hydrogen-bond acceptors (Lipinski definition) is 5. The van der Waals surface area contributed by atoms with Crippen molar-refractivity contribution in [3.8, 4) is 17.2 Å². The van der Waals surface area contributed by atoms with E-state index in [9.17, 15) is 9.59 Å². The molecule has 7 nitrogen and oxygen atoms in total. The first-order valence-electron chi connectivity index (χ1n) is 13.2. The highest BCUT2D eigenvalue weighted by Gasteiger charge is 2.32. The lowest BCUT2D eigenvalue weighted by atomic mass is 10.0. The minimum absolute atomic E-state index is 0.124. The molecule has 0 heterocycles. The lowest BCUT2D eigenvalue weighted by Crippen LogP contribution is -2.53. The van der Waals surface area contributed by atoms with Crippen molar-refractivity contribution in [1.29, 1.82) is 0 Å². The van der Waals surface area contributed by atoms with Gasteiger partial charge in [0, 0.05) is 42.2 Å². The quantitative estimate of drug-likeness (QED) is 0.325. The number of hydrogen-bond donors (Lipinski definition) is 1. The molecule has 0 spiro atoms. The van der Waals surface area contributed by atoms with Crippen molar-refractivity contribution in [3.05, 3.63) is 88.9 Å². The average Bonchev–Trinajstić information content (AvgIpc) is 3.47. The van der Waals surface area contributed by atoms with Crippen LogP contribution in [0.25, 0.3) is 0 Å². The topological polar surface area (TPSA) is 77.1 Å². The van der Waals surface area contributed by atoms with Gasteiger partial charge >= 0.3 is 0 Å². The first kappa shape index (κ1) is 28.3. The van der Waals surface area contributed by atoms with E-state index in [1.807, 2.05) is 48.5 Å². The van der Waals surface area contributed by atoms with E-state index in [4.69, 9.17) is 25.8 Å². The van der Waals surface area contributed by atoms with Crippen molar-refractivity contribution >= 4 is 23.4 Å². The molecule has 1 saturated carbocycles. The number of amides is 2. The molecule has 39 heavy (non-hydrogen) atoms. The molecule has 1 N–H and O–H groups in total. The molecular formula is C31H35ClN2O5. The van der Waals surface area contributed by atoms with Gasteiger partial charge in [-0.05, 0) is 36.1 Å². The number of carbonyl (C=O) groups excluding carboxylic acids is 2. The lowest BCUT2D eigenvalue weighted by Gasteiger charge is -2.32. The smallest absolute Gasteiger partial charge is 0.261 e. The average molecular weight is 551 g/mol. The molecule has 0 saturated heterocycles. The van der Waals surface area contributed by atoms with Gasteiger partial charge < -0.3 is 24.4 Å². The fraction of sp³-hybridized carbons (Fsp3) is 0.355. The highest BCUT2D eigenvalue weighted by atomic mass is 35.5. The van der Waals surface area contributed by atoms with Gasteiger partial charge in [0.1, 0.15) is 23.3 Å². The second-order valence-corrected chi connectivity index (χ2v) is 10.1. The summed E-state index contributed by atoms with van der Waals surface area (Å²) in [6.07, 6.45) is 4.47. The van der Waals surface area contributed by atoms with E-state index in [0.717, 1.165) is 36.8 Å². The van der Waals surface area contributed by atoms with Crippen molar-refractivity contribution in [1.82, 2.24) is 10.2 Å². The van der Waals surface area contributed by atoms with E-state index in [-0.39, 0.29) is 31.0 Å². The Labute approximate surface area is 235 Å². The van der Waals surface area contributed by atoms with Gasteiger partial charge in [0.25, 0.3) is 5.91 Å². The number of carbonyl (C=O) groups is 2. The van der Waals surface area contributed by atoms with Crippen LogP contribution < -0.4 is 19.5 Å². The van der Waals surface area contributed by atoms with Gasteiger partial charge in [-0.15, -0.1) is 0 Å². The first-order chi connectivity index (χ1) is 18.9. The molecule has 0 unspecified atom stereocenters. The molecule has 206 valence electrons. The van der Waals surface area contributed by atoms with E-state index in [0.29, 0.717) is 28.7 Å². The van der Waals surface area contributed by atoms with Crippen LogP contribution in [0.4, 0.5) is 0 Å². The minimum Gasteiger partial charge on any atom is -0.496 e. The summed E-state index contributed by atoms with van der Waals surface area (Å²) < 4.78 is 16.5. The standard InChI is InChI=1S/C31H35ClN2O5/c1-37-26-17-27(38-2)19-28(18-26)39-21-30(35)34(20-23-11-8-12-24(32)15-23)29(16-22-9-4-3-5-10-22)31(36)33-25-13-6-7-14-25/h3-5,8-12,15,17-19,25,29H,6-7,13-14,16,20-21H2,1-2H3,(H,33,36)/t29-/m0/s1. The van der Waals surface area contributed by atoms with Crippen LogP contribution >= 0.6 is 11.6 Å². The summed E-state index contributed by atoms with van der Waals surface area (Å²) in [7, 11) is 3.10. The number of halogens is 1. The molecule has 0 aromatic heterocycles. The summed E-state index contributed by atoms with van der Waals surface area (Å²) in [6.45, 7) is -0.0569. The second kappa shape index (κ2) is 13.9. The van der Waals surface area contributed by atoms with Crippen LogP contribution in [0, 0.1) is 0 Å². The number of methoxy groups -OCH3 is 2. The number of rotatable bonds is 12.